The first-order valence-corrected chi connectivity index (χ1v) is 10.6. The number of amides is 1. The smallest absolute Gasteiger partial charge is 0.247 e. The first-order valence-electron chi connectivity index (χ1n) is 8.38. The van der Waals surface area contributed by atoms with Crippen molar-refractivity contribution in [3.05, 3.63) is 22.7 Å². The number of rotatable bonds is 4. The van der Waals surface area contributed by atoms with Gasteiger partial charge >= 0.3 is 0 Å². The Balaban J connectivity index is 2.54. The van der Waals surface area contributed by atoms with Crippen molar-refractivity contribution in [2.24, 2.45) is 5.92 Å². The van der Waals surface area contributed by atoms with Gasteiger partial charge in [0.1, 0.15) is 16.7 Å². The van der Waals surface area contributed by atoms with Crippen molar-refractivity contribution >= 4 is 31.9 Å². The minimum absolute atomic E-state index is 0.0587. The first-order chi connectivity index (χ1) is 12.1. The first kappa shape index (κ1) is 21.1. The number of sulfonamides is 1. The van der Waals surface area contributed by atoms with Gasteiger partial charge in [0.25, 0.3) is 0 Å². The van der Waals surface area contributed by atoms with E-state index in [1.54, 1.807) is 31.0 Å². The van der Waals surface area contributed by atoms with Crippen molar-refractivity contribution in [1.82, 2.24) is 9.21 Å². The molecule has 0 unspecified atom stereocenters. The molecule has 3 atom stereocenters. The maximum atomic E-state index is 13.1. The zero-order valence-electron chi connectivity index (χ0n) is 15.3. The lowest BCUT2D eigenvalue weighted by molar-refractivity contribution is -0.129. The second-order valence-electron chi connectivity index (χ2n) is 6.73. The predicted molar refractivity (Wildman–Crippen MR) is 101 cm³/mol. The molecule has 1 aliphatic heterocycles. The van der Waals surface area contributed by atoms with Crippen LogP contribution in [0, 0.1) is 5.92 Å². The highest BCUT2D eigenvalue weighted by molar-refractivity contribution is 9.10. The summed E-state index contributed by atoms with van der Waals surface area (Å²) in [6.07, 6.45) is -0.388. The monoisotopic (exact) mass is 448 g/mol. The van der Waals surface area contributed by atoms with E-state index in [0.29, 0.717) is 11.0 Å². The molecular formula is C17H25BrN2O5S. The Hall–Kier alpha value is -1.16. The third kappa shape index (κ3) is 4.39. The average molecular weight is 449 g/mol. The summed E-state index contributed by atoms with van der Waals surface area (Å²) in [6, 6.07) is 4.19. The maximum absolute atomic E-state index is 13.1. The van der Waals surface area contributed by atoms with Crippen LogP contribution in [-0.4, -0.2) is 67.5 Å². The standard InChI is InChI=1S/C17H25BrN2O5S/c1-11-8-20(12(2)10-21)26(23,24)17-6-5-14(18)7-15(17)25-16(11)9-19(4)13(3)22/h5-7,11-12,16,21H,8-10H2,1-4H3/t11-,12-,16-/m1/s1. The molecule has 26 heavy (non-hydrogen) atoms. The number of hydrogen-bond acceptors (Lipinski definition) is 5. The number of ether oxygens (including phenoxy) is 1. The van der Waals surface area contributed by atoms with Crippen LogP contribution in [0.1, 0.15) is 20.8 Å². The molecule has 7 nitrogen and oxygen atoms in total. The number of nitrogens with zero attached hydrogens (tertiary/aromatic N) is 2. The Morgan fingerprint density at radius 3 is 2.73 bits per heavy atom. The number of hydrogen-bond donors (Lipinski definition) is 1. The largest absolute Gasteiger partial charge is 0.487 e. The van der Waals surface area contributed by atoms with Crippen molar-refractivity contribution in [1.29, 1.82) is 0 Å². The van der Waals surface area contributed by atoms with E-state index < -0.39 is 16.1 Å². The lowest BCUT2D eigenvalue weighted by Gasteiger charge is -2.37. The summed E-state index contributed by atoms with van der Waals surface area (Å²) in [6.45, 7) is 5.27. The van der Waals surface area contributed by atoms with Crippen LogP contribution in [0.25, 0.3) is 0 Å². The molecule has 1 heterocycles. The Bertz CT molecular complexity index is 770. The Morgan fingerprint density at radius 1 is 1.50 bits per heavy atom. The van der Waals surface area contributed by atoms with Gasteiger partial charge in [0.2, 0.25) is 15.9 Å². The quantitative estimate of drug-likeness (QED) is 0.756. The molecule has 0 saturated heterocycles. The van der Waals surface area contributed by atoms with Crippen molar-refractivity contribution in [2.45, 2.75) is 37.8 Å². The van der Waals surface area contributed by atoms with Crippen LogP contribution in [0.3, 0.4) is 0 Å². The molecule has 0 bridgehead atoms. The summed E-state index contributed by atoms with van der Waals surface area (Å²) in [7, 11) is -2.14. The topological polar surface area (TPSA) is 87.2 Å². The van der Waals surface area contributed by atoms with Crippen LogP contribution in [-0.2, 0) is 14.8 Å². The summed E-state index contributed by atoms with van der Waals surface area (Å²) in [5, 5.41) is 9.55. The molecule has 0 aromatic heterocycles. The molecule has 1 aromatic rings. The van der Waals surface area contributed by atoms with Gasteiger partial charge < -0.3 is 14.7 Å². The molecule has 0 fully saturated rings. The Morgan fingerprint density at radius 2 is 2.15 bits per heavy atom. The van der Waals surface area contributed by atoms with E-state index in [1.807, 2.05) is 6.92 Å². The number of aliphatic hydroxyl groups excluding tert-OH is 1. The van der Waals surface area contributed by atoms with Gasteiger partial charge in [-0.25, -0.2) is 8.42 Å². The molecule has 0 aliphatic carbocycles. The van der Waals surface area contributed by atoms with Gasteiger partial charge in [-0.2, -0.15) is 4.31 Å². The normalized spacial score (nSPS) is 23.9. The predicted octanol–water partition coefficient (Wildman–Crippen LogP) is 1.70. The number of benzene rings is 1. The summed E-state index contributed by atoms with van der Waals surface area (Å²) >= 11 is 3.35. The van der Waals surface area contributed by atoms with Crippen molar-refractivity contribution < 1.29 is 23.1 Å². The molecule has 146 valence electrons. The lowest BCUT2D eigenvalue weighted by Crippen LogP contribution is -2.50. The fraction of sp³-hybridized carbons (Fsp3) is 0.588. The zero-order chi connectivity index (χ0) is 19.6. The molecule has 2 rings (SSSR count). The number of carbonyl (C=O) groups excluding carboxylic acids is 1. The van der Waals surface area contributed by atoms with Crippen molar-refractivity contribution in [3.63, 3.8) is 0 Å². The van der Waals surface area contributed by atoms with Crippen LogP contribution in [0.4, 0.5) is 0 Å². The van der Waals surface area contributed by atoms with Crippen molar-refractivity contribution in [3.8, 4) is 5.75 Å². The lowest BCUT2D eigenvalue weighted by atomic mass is 10.0. The number of likely N-dealkylation sites (N-methyl/N-ethyl adjacent to an activating group) is 1. The minimum Gasteiger partial charge on any atom is -0.487 e. The summed E-state index contributed by atoms with van der Waals surface area (Å²) in [5.41, 5.74) is 0. The Labute approximate surface area is 163 Å². The van der Waals surface area contributed by atoms with Gasteiger partial charge in [0.05, 0.1) is 13.2 Å². The molecular weight excluding hydrogens is 424 g/mol. The molecule has 1 aromatic carbocycles. The maximum Gasteiger partial charge on any atom is 0.247 e. The molecule has 0 spiro atoms. The van der Waals surface area contributed by atoms with Gasteiger partial charge in [-0.3, -0.25) is 4.79 Å². The number of fused-ring (bicyclic) bond motifs is 1. The van der Waals surface area contributed by atoms with E-state index in [0.717, 1.165) is 0 Å². The van der Waals surface area contributed by atoms with Crippen LogP contribution >= 0.6 is 15.9 Å². The van der Waals surface area contributed by atoms with Gasteiger partial charge in [-0.1, -0.05) is 22.9 Å². The van der Waals surface area contributed by atoms with Crippen molar-refractivity contribution in [2.75, 3.05) is 26.7 Å². The SMILES string of the molecule is CC(=O)N(C)C[C@H]1Oc2cc(Br)ccc2S(=O)(=O)N([C@H](C)CO)C[C@H]1C. The van der Waals surface area contributed by atoms with E-state index in [2.05, 4.69) is 15.9 Å². The van der Waals surface area contributed by atoms with Gasteiger partial charge in [-0.15, -0.1) is 0 Å². The number of aliphatic hydroxyl groups is 1. The number of carbonyl (C=O) groups is 1. The minimum atomic E-state index is -3.82. The highest BCUT2D eigenvalue weighted by Crippen LogP contribution is 2.35. The zero-order valence-corrected chi connectivity index (χ0v) is 17.7. The third-order valence-electron chi connectivity index (χ3n) is 4.62. The van der Waals surface area contributed by atoms with E-state index in [1.165, 1.54) is 17.3 Å². The van der Waals surface area contributed by atoms with E-state index >= 15 is 0 Å². The molecule has 1 aliphatic rings. The van der Waals surface area contributed by atoms with Gasteiger partial charge in [-0.05, 0) is 25.1 Å². The highest BCUT2D eigenvalue weighted by Gasteiger charge is 2.38. The van der Waals surface area contributed by atoms with E-state index in [4.69, 9.17) is 4.74 Å². The fourth-order valence-corrected chi connectivity index (χ4v) is 4.98. The van der Waals surface area contributed by atoms with Gasteiger partial charge in [0.15, 0.2) is 0 Å². The molecule has 9 heteroatoms. The van der Waals surface area contributed by atoms with Gasteiger partial charge in [0, 0.05) is 36.9 Å². The fourth-order valence-electron chi connectivity index (χ4n) is 2.82. The molecule has 0 saturated carbocycles. The van der Waals surface area contributed by atoms with Crippen LogP contribution in [0.15, 0.2) is 27.6 Å². The van der Waals surface area contributed by atoms with E-state index in [-0.39, 0.29) is 41.7 Å². The summed E-state index contributed by atoms with van der Waals surface area (Å²) < 4.78 is 34.3. The second kappa shape index (κ2) is 8.24. The average Bonchev–Trinajstić information content (AvgIpc) is 2.56. The molecule has 1 N–H and O–H groups in total. The summed E-state index contributed by atoms with van der Waals surface area (Å²) in [4.78, 5) is 13.2. The van der Waals surface area contributed by atoms with Crippen LogP contribution < -0.4 is 4.74 Å². The number of halogens is 1. The molecule has 1 amide bonds. The molecule has 0 radical (unpaired) electrons. The van der Waals surface area contributed by atoms with E-state index in [9.17, 15) is 18.3 Å². The highest BCUT2D eigenvalue weighted by atomic mass is 79.9. The van der Waals surface area contributed by atoms with Crippen LogP contribution in [0.5, 0.6) is 5.75 Å². The Kier molecular flexibility index (Phi) is 6.70. The van der Waals surface area contributed by atoms with Crippen LogP contribution in [0.2, 0.25) is 0 Å². The third-order valence-corrected chi connectivity index (χ3v) is 7.13. The summed E-state index contributed by atoms with van der Waals surface area (Å²) in [5.74, 6) is -0.0405. The second-order valence-corrected chi connectivity index (χ2v) is 9.51.